The Bertz CT molecular complexity index is 1050. The second-order valence-corrected chi connectivity index (χ2v) is 8.65. The number of hydrogen-bond donors (Lipinski definition) is 1. The number of methoxy groups -OCH3 is 1. The van der Waals surface area contributed by atoms with Gasteiger partial charge in [0.25, 0.3) is 5.91 Å². The standard InChI is InChI=1S/C17H16N2O5S2/c1-10-15(11-4-6-12(23-2)7-5-11)18-17(25-10)19-16(20)13-8-9-14(24-13)26(3,21)22/h4-9H,1-3H3,(H,18,19,20). The fourth-order valence-electron chi connectivity index (χ4n) is 2.27. The smallest absolute Gasteiger partial charge is 0.293 e. The molecule has 1 aromatic carbocycles. The molecule has 0 aliphatic carbocycles. The van der Waals surface area contributed by atoms with E-state index in [1.165, 1.54) is 23.5 Å². The summed E-state index contributed by atoms with van der Waals surface area (Å²) in [5.41, 5.74) is 1.65. The van der Waals surface area contributed by atoms with Gasteiger partial charge in [0, 0.05) is 16.7 Å². The summed E-state index contributed by atoms with van der Waals surface area (Å²) in [7, 11) is -1.90. The first-order valence-electron chi connectivity index (χ1n) is 7.51. The highest BCUT2D eigenvalue weighted by Crippen LogP contribution is 2.31. The number of furan rings is 1. The third-order valence-electron chi connectivity index (χ3n) is 3.55. The Balaban J connectivity index is 1.80. The molecule has 9 heteroatoms. The van der Waals surface area contributed by atoms with Crippen LogP contribution in [0, 0.1) is 6.92 Å². The molecule has 0 aliphatic rings. The lowest BCUT2D eigenvalue weighted by Crippen LogP contribution is -2.10. The lowest BCUT2D eigenvalue weighted by Gasteiger charge is -2.01. The number of carbonyl (C=O) groups excluding carboxylic acids is 1. The first-order chi connectivity index (χ1) is 12.3. The number of ether oxygens (including phenoxy) is 1. The van der Waals surface area contributed by atoms with E-state index in [4.69, 9.17) is 9.15 Å². The summed E-state index contributed by atoms with van der Waals surface area (Å²) >= 11 is 1.32. The lowest BCUT2D eigenvalue weighted by atomic mass is 10.1. The number of nitrogens with zero attached hydrogens (tertiary/aromatic N) is 1. The molecule has 1 amide bonds. The van der Waals surface area contributed by atoms with Gasteiger partial charge in [-0.25, -0.2) is 13.4 Å². The Labute approximate surface area is 154 Å². The molecule has 0 saturated heterocycles. The van der Waals surface area contributed by atoms with Crippen molar-refractivity contribution in [2.45, 2.75) is 12.0 Å². The van der Waals surface area contributed by atoms with Crippen molar-refractivity contribution >= 4 is 32.2 Å². The van der Waals surface area contributed by atoms with E-state index in [1.54, 1.807) is 7.11 Å². The summed E-state index contributed by atoms with van der Waals surface area (Å²) in [6.45, 7) is 1.90. The number of nitrogens with one attached hydrogen (secondary N) is 1. The number of anilines is 1. The quantitative estimate of drug-likeness (QED) is 0.715. The molecule has 3 rings (SSSR count). The molecule has 3 aromatic rings. The minimum atomic E-state index is -3.50. The van der Waals surface area contributed by atoms with Crippen LogP contribution in [0.4, 0.5) is 5.13 Å². The molecule has 1 N–H and O–H groups in total. The van der Waals surface area contributed by atoms with Crippen molar-refractivity contribution in [3.63, 3.8) is 0 Å². The van der Waals surface area contributed by atoms with Crippen LogP contribution in [0.15, 0.2) is 45.9 Å². The Morgan fingerprint density at radius 3 is 2.46 bits per heavy atom. The molecule has 0 bridgehead atoms. The van der Waals surface area contributed by atoms with E-state index in [0.29, 0.717) is 5.13 Å². The fraction of sp³-hybridized carbons (Fsp3) is 0.176. The molecule has 2 aromatic heterocycles. The van der Waals surface area contributed by atoms with Crippen LogP contribution in [-0.2, 0) is 9.84 Å². The molecule has 26 heavy (non-hydrogen) atoms. The van der Waals surface area contributed by atoms with Crippen molar-refractivity contribution in [2.75, 3.05) is 18.7 Å². The molecule has 0 saturated carbocycles. The van der Waals surface area contributed by atoms with E-state index < -0.39 is 15.7 Å². The number of aromatic nitrogens is 1. The van der Waals surface area contributed by atoms with Crippen molar-refractivity contribution in [1.29, 1.82) is 0 Å². The molecule has 0 radical (unpaired) electrons. The Kier molecular flexibility index (Phi) is 4.84. The zero-order valence-corrected chi connectivity index (χ0v) is 15.9. The molecule has 7 nitrogen and oxygen atoms in total. The van der Waals surface area contributed by atoms with Crippen LogP contribution in [0.3, 0.4) is 0 Å². The summed E-state index contributed by atoms with van der Waals surface area (Å²) in [5.74, 6) is 0.0915. The van der Waals surface area contributed by atoms with Gasteiger partial charge in [-0.1, -0.05) is 0 Å². The van der Waals surface area contributed by atoms with Crippen LogP contribution in [0.5, 0.6) is 5.75 Å². The largest absolute Gasteiger partial charge is 0.497 e. The van der Waals surface area contributed by atoms with Gasteiger partial charge in [-0.05, 0) is 43.3 Å². The maximum Gasteiger partial charge on any atom is 0.293 e. The molecular weight excluding hydrogens is 376 g/mol. The lowest BCUT2D eigenvalue weighted by molar-refractivity contribution is 0.0991. The molecule has 136 valence electrons. The van der Waals surface area contributed by atoms with E-state index in [0.717, 1.165) is 28.1 Å². The summed E-state index contributed by atoms with van der Waals surface area (Å²) in [4.78, 5) is 17.6. The van der Waals surface area contributed by atoms with Gasteiger partial charge in [-0.15, -0.1) is 11.3 Å². The second kappa shape index (κ2) is 6.93. The van der Waals surface area contributed by atoms with Crippen LogP contribution >= 0.6 is 11.3 Å². The first-order valence-corrected chi connectivity index (χ1v) is 10.2. The fourth-order valence-corrected chi connectivity index (χ4v) is 3.65. The van der Waals surface area contributed by atoms with Crippen molar-refractivity contribution in [3.05, 3.63) is 47.0 Å². The molecule has 0 unspecified atom stereocenters. The Hall–Kier alpha value is -2.65. The third-order valence-corrected chi connectivity index (χ3v) is 5.39. The number of carbonyl (C=O) groups is 1. The van der Waals surface area contributed by atoms with Crippen molar-refractivity contribution in [2.24, 2.45) is 0 Å². The zero-order chi connectivity index (χ0) is 18.9. The van der Waals surface area contributed by atoms with Crippen LogP contribution in [0.25, 0.3) is 11.3 Å². The molecule has 0 atom stereocenters. The average Bonchev–Trinajstić information content (AvgIpc) is 3.22. The molecule has 0 spiro atoms. The van der Waals surface area contributed by atoms with Crippen LogP contribution in [0.2, 0.25) is 0 Å². The van der Waals surface area contributed by atoms with Gasteiger partial charge < -0.3 is 9.15 Å². The van der Waals surface area contributed by atoms with Gasteiger partial charge in [0.1, 0.15) is 5.75 Å². The molecule has 2 heterocycles. The number of aryl methyl sites for hydroxylation is 1. The highest BCUT2D eigenvalue weighted by atomic mass is 32.2. The number of rotatable bonds is 5. The zero-order valence-electron chi connectivity index (χ0n) is 14.3. The monoisotopic (exact) mass is 392 g/mol. The van der Waals surface area contributed by atoms with Gasteiger partial charge in [0.05, 0.1) is 12.8 Å². The molecule has 0 aliphatic heterocycles. The number of thiazole rings is 1. The summed E-state index contributed by atoms with van der Waals surface area (Å²) in [6, 6.07) is 10.0. The second-order valence-electron chi connectivity index (χ2n) is 5.50. The predicted molar refractivity (Wildman–Crippen MR) is 98.6 cm³/mol. The Morgan fingerprint density at radius 2 is 1.88 bits per heavy atom. The third kappa shape index (κ3) is 3.78. The molecular formula is C17H16N2O5S2. The topological polar surface area (TPSA) is 98.5 Å². The van der Waals surface area contributed by atoms with Crippen LogP contribution in [-0.4, -0.2) is 32.7 Å². The molecule has 0 fully saturated rings. The number of benzene rings is 1. The predicted octanol–water partition coefficient (Wildman–Crippen LogP) is 3.38. The number of sulfone groups is 1. The van der Waals surface area contributed by atoms with E-state index in [9.17, 15) is 13.2 Å². The minimum Gasteiger partial charge on any atom is -0.497 e. The normalized spacial score (nSPS) is 11.3. The average molecular weight is 392 g/mol. The van der Waals surface area contributed by atoms with Gasteiger partial charge in [0.15, 0.2) is 10.9 Å². The van der Waals surface area contributed by atoms with Crippen molar-refractivity contribution < 1.29 is 22.4 Å². The summed E-state index contributed by atoms with van der Waals surface area (Å²) in [5, 5.41) is 2.78. The highest BCUT2D eigenvalue weighted by Gasteiger charge is 2.19. The minimum absolute atomic E-state index is 0.0933. The van der Waals surface area contributed by atoms with Gasteiger partial charge in [-0.2, -0.15) is 0 Å². The Morgan fingerprint density at radius 1 is 1.19 bits per heavy atom. The number of hydrogen-bond acceptors (Lipinski definition) is 7. The van der Waals surface area contributed by atoms with Crippen molar-refractivity contribution in [3.8, 4) is 17.0 Å². The van der Waals surface area contributed by atoms with Gasteiger partial charge in [-0.3, -0.25) is 10.1 Å². The van der Waals surface area contributed by atoms with E-state index in [2.05, 4.69) is 10.3 Å². The van der Waals surface area contributed by atoms with E-state index in [-0.39, 0.29) is 10.9 Å². The summed E-state index contributed by atoms with van der Waals surface area (Å²) < 4.78 is 33.1. The van der Waals surface area contributed by atoms with Gasteiger partial charge >= 0.3 is 0 Å². The maximum atomic E-state index is 12.2. The van der Waals surface area contributed by atoms with Crippen LogP contribution < -0.4 is 10.1 Å². The summed E-state index contributed by atoms with van der Waals surface area (Å²) in [6.07, 6.45) is 1.01. The van der Waals surface area contributed by atoms with Crippen LogP contribution in [0.1, 0.15) is 15.4 Å². The number of amides is 1. The van der Waals surface area contributed by atoms with Gasteiger partial charge in [0.2, 0.25) is 14.9 Å². The van der Waals surface area contributed by atoms with E-state index in [1.807, 2.05) is 31.2 Å². The highest BCUT2D eigenvalue weighted by molar-refractivity contribution is 7.90. The maximum absolute atomic E-state index is 12.2. The first kappa shape index (κ1) is 18.2. The van der Waals surface area contributed by atoms with Crippen molar-refractivity contribution in [1.82, 2.24) is 4.98 Å². The van der Waals surface area contributed by atoms with E-state index >= 15 is 0 Å². The SMILES string of the molecule is COc1ccc(-c2nc(NC(=O)c3ccc(S(C)(=O)=O)o3)sc2C)cc1.